The molecule has 106 valence electrons. The number of piperazine rings is 1. The summed E-state index contributed by atoms with van der Waals surface area (Å²) in [6, 6.07) is 0.761. The molecule has 2 unspecified atom stereocenters. The third kappa shape index (κ3) is 3.25. The summed E-state index contributed by atoms with van der Waals surface area (Å²) in [4.78, 5) is 5.33. The number of hydrogen-bond acceptors (Lipinski definition) is 3. The van der Waals surface area contributed by atoms with Crippen molar-refractivity contribution >= 4 is 0 Å². The topological polar surface area (TPSA) is 18.5 Å². The molecule has 3 heteroatoms. The van der Waals surface area contributed by atoms with E-state index in [-0.39, 0.29) is 0 Å². The zero-order valence-electron chi connectivity index (χ0n) is 12.5. The number of hydrogen-bond donors (Lipinski definition) is 1. The smallest absolute Gasteiger partial charge is 0.0306 e. The van der Waals surface area contributed by atoms with Crippen molar-refractivity contribution in [1.82, 2.24) is 15.1 Å². The second-order valence-corrected chi connectivity index (χ2v) is 6.23. The van der Waals surface area contributed by atoms with E-state index in [0.717, 1.165) is 6.04 Å². The average Bonchev–Trinajstić information content (AvgIpc) is 2.88. The van der Waals surface area contributed by atoms with E-state index in [1.165, 1.54) is 65.0 Å². The zero-order valence-corrected chi connectivity index (χ0v) is 12.5. The lowest BCUT2D eigenvalue weighted by molar-refractivity contribution is 0.0801. The number of nitrogens with zero attached hydrogens (tertiary/aromatic N) is 2. The van der Waals surface area contributed by atoms with Crippen molar-refractivity contribution in [3.63, 3.8) is 0 Å². The van der Waals surface area contributed by atoms with E-state index in [2.05, 4.69) is 35.9 Å². The molecule has 0 aromatic heterocycles. The van der Waals surface area contributed by atoms with E-state index in [0.29, 0.717) is 5.54 Å². The Morgan fingerprint density at radius 1 is 1.17 bits per heavy atom. The normalized spacial score (nSPS) is 32.8. The van der Waals surface area contributed by atoms with Gasteiger partial charge in [0.2, 0.25) is 0 Å². The summed E-state index contributed by atoms with van der Waals surface area (Å²) in [5.74, 6) is 0. The minimum Gasteiger partial charge on any atom is -0.310 e. The molecule has 18 heavy (non-hydrogen) atoms. The van der Waals surface area contributed by atoms with E-state index >= 15 is 0 Å². The fraction of sp³-hybridized carbons (Fsp3) is 1.00. The average molecular weight is 253 g/mol. The van der Waals surface area contributed by atoms with Crippen LogP contribution in [-0.2, 0) is 0 Å². The van der Waals surface area contributed by atoms with Crippen molar-refractivity contribution in [3.05, 3.63) is 0 Å². The van der Waals surface area contributed by atoms with Gasteiger partial charge >= 0.3 is 0 Å². The van der Waals surface area contributed by atoms with E-state index in [4.69, 9.17) is 0 Å². The first-order chi connectivity index (χ1) is 8.69. The molecule has 3 nitrogen and oxygen atoms in total. The second kappa shape index (κ2) is 6.36. The molecule has 0 aromatic carbocycles. The Bertz CT molecular complexity index is 240. The van der Waals surface area contributed by atoms with Crippen LogP contribution < -0.4 is 5.32 Å². The van der Waals surface area contributed by atoms with E-state index in [1.807, 2.05) is 0 Å². The maximum Gasteiger partial charge on any atom is 0.0306 e. The lowest BCUT2D eigenvalue weighted by atomic mass is 9.93. The molecule has 2 aliphatic heterocycles. The van der Waals surface area contributed by atoms with Gasteiger partial charge < -0.3 is 5.32 Å². The Hall–Kier alpha value is -0.120. The van der Waals surface area contributed by atoms with Crippen molar-refractivity contribution in [2.45, 2.75) is 58.0 Å². The van der Waals surface area contributed by atoms with Gasteiger partial charge in [0.05, 0.1) is 0 Å². The second-order valence-electron chi connectivity index (χ2n) is 6.23. The highest BCUT2D eigenvalue weighted by Gasteiger charge is 2.34. The first-order valence-corrected chi connectivity index (χ1v) is 7.90. The van der Waals surface area contributed by atoms with Crippen molar-refractivity contribution in [2.24, 2.45) is 0 Å². The summed E-state index contributed by atoms with van der Waals surface area (Å²) in [6.07, 6.45) is 5.29. The first kappa shape index (κ1) is 14.3. The molecule has 2 heterocycles. The van der Waals surface area contributed by atoms with Crippen LogP contribution in [0.1, 0.15) is 46.5 Å². The molecule has 2 rings (SSSR count). The predicted molar refractivity (Wildman–Crippen MR) is 78.0 cm³/mol. The van der Waals surface area contributed by atoms with Crippen LogP contribution in [0.4, 0.5) is 0 Å². The fourth-order valence-corrected chi connectivity index (χ4v) is 3.47. The van der Waals surface area contributed by atoms with Gasteiger partial charge in [0.15, 0.2) is 0 Å². The highest BCUT2D eigenvalue weighted by Crippen LogP contribution is 2.24. The standard InChI is InChI=1S/C15H31N3/c1-4-14(3)18-11-9-17(10-12-18)13-15(5-2)7-6-8-16-15/h14,16H,4-13H2,1-3H3. The molecule has 2 atom stereocenters. The largest absolute Gasteiger partial charge is 0.310 e. The van der Waals surface area contributed by atoms with Crippen LogP contribution in [-0.4, -0.2) is 60.6 Å². The summed E-state index contributed by atoms with van der Waals surface area (Å²) >= 11 is 0. The molecule has 1 N–H and O–H groups in total. The van der Waals surface area contributed by atoms with E-state index in [1.54, 1.807) is 0 Å². The minimum atomic E-state index is 0.429. The Kier molecular flexibility index (Phi) is 5.05. The summed E-state index contributed by atoms with van der Waals surface area (Å²) in [5, 5.41) is 3.76. The molecule has 0 amide bonds. The highest BCUT2D eigenvalue weighted by atomic mass is 15.3. The maximum atomic E-state index is 3.76. The molecule has 0 aliphatic carbocycles. The first-order valence-electron chi connectivity index (χ1n) is 7.90. The van der Waals surface area contributed by atoms with E-state index in [9.17, 15) is 0 Å². The zero-order chi connectivity index (χ0) is 13.0. The summed E-state index contributed by atoms with van der Waals surface area (Å²) in [7, 11) is 0. The molecule has 2 saturated heterocycles. The molecule has 0 radical (unpaired) electrons. The molecule has 0 spiro atoms. The van der Waals surface area contributed by atoms with Gasteiger partial charge in [-0.15, -0.1) is 0 Å². The summed E-state index contributed by atoms with van der Waals surface area (Å²) in [6.45, 7) is 14.5. The van der Waals surface area contributed by atoms with Crippen LogP contribution in [0.5, 0.6) is 0 Å². The Balaban J connectivity index is 1.79. The van der Waals surface area contributed by atoms with Crippen LogP contribution in [0, 0.1) is 0 Å². The Morgan fingerprint density at radius 3 is 2.39 bits per heavy atom. The van der Waals surface area contributed by atoms with Gasteiger partial charge in [-0.2, -0.15) is 0 Å². The van der Waals surface area contributed by atoms with Crippen molar-refractivity contribution < 1.29 is 0 Å². The fourth-order valence-electron chi connectivity index (χ4n) is 3.47. The lowest BCUT2D eigenvalue weighted by Crippen LogP contribution is -2.56. The van der Waals surface area contributed by atoms with Gasteiger partial charge in [-0.3, -0.25) is 9.80 Å². The van der Waals surface area contributed by atoms with Crippen molar-refractivity contribution in [3.8, 4) is 0 Å². The molecular weight excluding hydrogens is 222 g/mol. The van der Waals surface area contributed by atoms with Gasteiger partial charge in [0, 0.05) is 44.3 Å². The van der Waals surface area contributed by atoms with E-state index < -0.39 is 0 Å². The molecule has 0 saturated carbocycles. The van der Waals surface area contributed by atoms with Crippen molar-refractivity contribution in [1.29, 1.82) is 0 Å². The maximum absolute atomic E-state index is 3.76. The molecule has 0 bridgehead atoms. The number of rotatable bonds is 5. The predicted octanol–water partition coefficient (Wildman–Crippen LogP) is 1.93. The Morgan fingerprint density at radius 2 is 1.89 bits per heavy atom. The van der Waals surface area contributed by atoms with Crippen LogP contribution in [0.25, 0.3) is 0 Å². The Labute approximate surface area is 113 Å². The van der Waals surface area contributed by atoms with Crippen LogP contribution >= 0.6 is 0 Å². The van der Waals surface area contributed by atoms with Crippen LogP contribution in [0.3, 0.4) is 0 Å². The van der Waals surface area contributed by atoms with Crippen molar-refractivity contribution in [2.75, 3.05) is 39.3 Å². The third-order valence-corrected chi connectivity index (χ3v) is 5.16. The molecular formula is C15H31N3. The van der Waals surface area contributed by atoms with Crippen LogP contribution in [0.2, 0.25) is 0 Å². The SMILES string of the molecule is CCC(C)N1CCN(CC2(CC)CCCN2)CC1. The lowest BCUT2D eigenvalue weighted by Gasteiger charge is -2.41. The summed E-state index contributed by atoms with van der Waals surface area (Å²) in [5.41, 5.74) is 0.429. The minimum absolute atomic E-state index is 0.429. The molecule has 2 fully saturated rings. The highest BCUT2D eigenvalue weighted by molar-refractivity contribution is 4.95. The van der Waals surface area contributed by atoms with Gasteiger partial charge in [0.1, 0.15) is 0 Å². The van der Waals surface area contributed by atoms with Gasteiger partial charge in [-0.25, -0.2) is 0 Å². The van der Waals surface area contributed by atoms with Gasteiger partial charge in [-0.05, 0) is 39.2 Å². The summed E-state index contributed by atoms with van der Waals surface area (Å²) < 4.78 is 0. The third-order valence-electron chi connectivity index (χ3n) is 5.16. The van der Waals surface area contributed by atoms with Gasteiger partial charge in [0.25, 0.3) is 0 Å². The quantitative estimate of drug-likeness (QED) is 0.808. The van der Waals surface area contributed by atoms with Gasteiger partial charge in [-0.1, -0.05) is 13.8 Å². The molecule has 2 aliphatic rings. The number of nitrogens with one attached hydrogen (secondary N) is 1. The van der Waals surface area contributed by atoms with Crippen LogP contribution in [0.15, 0.2) is 0 Å². The molecule has 0 aromatic rings. The monoisotopic (exact) mass is 253 g/mol.